The monoisotopic (exact) mass is 251 g/mol. The summed E-state index contributed by atoms with van der Waals surface area (Å²) in [5, 5.41) is 9.24. The number of halogens is 1. The third kappa shape index (κ3) is 2.47. The summed E-state index contributed by atoms with van der Waals surface area (Å²) in [5.41, 5.74) is 1.08. The predicted octanol–water partition coefficient (Wildman–Crippen LogP) is 2.93. The number of hydrogen-bond acceptors (Lipinski definition) is 3. The molecule has 0 bridgehead atoms. The summed E-state index contributed by atoms with van der Waals surface area (Å²) in [7, 11) is 0. The normalized spacial score (nSPS) is 10.5. The van der Waals surface area contributed by atoms with Crippen LogP contribution in [0.2, 0.25) is 5.02 Å². The maximum absolute atomic E-state index is 10.6. The van der Waals surface area contributed by atoms with Crippen LogP contribution in [0.25, 0.3) is 11.5 Å². The fourth-order valence-corrected chi connectivity index (χ4v) is 1.70. The summed E-state index contributed by atoms with van der Waals surface area (Å²) in [6.07, 6.45) is -0.153. The molecule has 1 N–H and O–H groups in total. The van der Waals surface area contributed by atoms with Crippen LogP contribution >= 0.6 is 11.6 Å². The van der Waals surface area contributed by atoms with Crippen LogP contribution in [0.3, 0.4) is 0 Å². The van der Waals surface area contributed by atoms with E-state index in [1.54, 1.807) is 25.1 Å². The number of oxazole rings is 1. The van der Waals surface area contributed by atoms with E-state index in [1.807, 2.05) is 6.07 Å². The lowest BCUT2D eigenvalue weighted by Gasteiger charge is -1.97. The minimum Gasteiger partial charge on any atom is -0.481 e. The molecule has 0 aliphatic carbocycles. The summed E-state index contributed by atoms with van der Waals surface area (Å²) in [4.78, 5) is 14.8. The molecular formula is C12H10ClNO3. The number of benzene rings is 1. The smallest absolute Gasteiger partial charge is 0.309 e. The zero-order valence-corrected chi connectivity index (χ0v) is 9.86. The molecule has 2 rings (SSSR count). The maximum atomic E-state index is 10.6. The zero-order valence-electron chi connectivity index (χ0n) is 9.11. The number of aryl methyl sites for hydroxylation is 1. The molecule has 1 heterocycles. The van der Waals surface area contributed by atoms with E-state index in [1.165, 1.54) is 0 Å². The second kappa shape index (κ2) is 4.59. The van der Waals surface area contributed by atoms with Crippen molar-refractivity contribution in [2.45, 2.75) is 13.3 Å². The van der Waals surface area contributed by atoms with Crippen molar-refractivity contribution in [1.29, 1.82) is 0 Å². The van der Waals surface area contributed by atoms with Crippen LogP contribution in [0.15, 0.2) is 28.7 Å². The Labute approximate surface area is 103 Å². The molecule has 4 nitrogen and oxygen atoms in total. The van der Waals surface area contributed by atoms with Crippen molar-refractivity contribution in [3.63, 3.8) is 0 Å². The summed E-state index contributed by atoms with van der Waals surface area (Å²) in [6, 6.07) is 7.13. The second-order valence-corrected chi connectivity index (χ2v) is 3.98. The van der Waals surface area contributed by atoms with Gasteiger partial charge in [0.2, 0.25) is 5.89 Å². The Bertz CT molecular complexity index is 563. The molecule has 0 amide bonds. The highest BCUT2D eigenvalue weighted by Gasteiger charge is 2.15. The molecule has 0 fully saturated rings. The molecule has 0 saturated heterocycles. The fourth-order valence-electron chi connectivity index (χ4n) is 1.49. The lowest BCUT2D eigenvalue weighted by atomic mass is 10.2. The maximum Gasteiger partial charge on any atom is 0.309 e. The van der Waals surface area contributed by atoms with Crippen molar-refractivity contribution >= 4 is 17.6 Å². The van der Waals surface area contributed by atoms with Gasteiger partial charge in [-0.25, -0.2) is 4.98 Å². The quantitative estimate of drug-likeness (QED) is 0.911. The van der Waals surface area contributed by atoms with Crippen molar-refractivity contribution in [1.82, 2.24) is 4.98 Å². The number of aliphatic carboxylic acids is 1. The highest BCUT2D eigenvalue weighted by Crippen LogP contribution is 2.28. The van der Waals surface area contributed by atoms with Gasteiger partial charge in [-0.15, -0.1) is 0 Å². The number of carboxylic acid groups (broad SMARTS) is 1. The highest BCUT2D eigenvalue weighted by atomic mass is 35.5. The Hall–Kier alpha value is -1.81. The van der Waals surface area contributed by atoms with Gasteiger partial charge in [0.05, 0.1) is 22.7 Å². The van der Waals surface area contributed by atoms with Gasteiger partial charge in [-0.2, -0.15) is 0 Å². The van der Waals surface area contributed by atoms with Crippen LogP contribution in [0, 0.1) is 6.92 Å². The SMILES string of the molecule is Cc1oc(-c2ccccc2Cl)nc1CC(=O)O. The number of aromatic nitrogens is 1. The van der Waals surface area contributed by atoms with Crippen LogP contribution < -0.4 is 0 Å². The Kier molecular flexibility index (Phi) is 3.15. The van der Waals surface area contributed by atoms with Crippen molar-refractivity contribution in [3.8, 4) is 11.5 Å². The zero-order chi connectivity index (χ0) is 12.4. The van der Waals surface area contributed by atoms with Gasteiger partial charge in [0, 0.05) is 0 Å². The molecule has 88 valence electrons. The Balaban J connectivity index is 2.41. The van der Waals surface area contributed by atoms with Gasteiger partial charge in [0.25, 0.3) is 0 Å². The number of carbonyl (C=O) groups is 1. The molecule has 1 aromatic heterocycles. The minimum absolute atomic E-state index is 0.153. The Morgan fingerprint density at radius 3 is 2.82 bits per heavy atom. The summed E-state index contributed by atoms with van der Waals surface area (Å²) >= 11 is 6.01. The van der Waals surface area contributed by atoms with E-state index in [9.17, 15) is 4.79 Å². The Morgan fingerprint density at radius 2 is 2.18 bits per heavy atom. The molecular weight excluding hydrogens is 242 g/mol. The first-order chi connectivity index (χ1) is 8.08. The number of hydrogen-bond donors (Lipinski definition) is 1. The molecule has 0 unspecified atom stereocenters. The molecule has 2 aromatic rings. The van der Waals surface area contributed by atoms with Crippen LogP contribution in [0.5, 0.6) is 0 Å². The van der Waals surface area contributed by atoms with Crippen LogP contribution in [0.1, 0.15) is 11.5 Å². The van der Waals surface area contributed by atoms with Crippen LogP contribution in [-0.2, 0) is 11.2 Å². The number of rotatable bonds is 3. The van der Waals surface area contributed by atoms with E-state index in [-0.39, 0.29) is 6.42 Å². The minimum atomic E-state index is -0.938. The van der Waals surface area contributed by atoms with Gasteiger partial charge in [-0.1, -0.05) is 23.7 Å². The third-order valence-corrected chi connectivity index (χ3v) is 2.65. The first-order valence-electron chi connectivity index (χ1n) is 5.01. The van der Waals surface area contributed by atoms with Crippen molar-refractivity contribution in [2.24, 2.45) is 0 Å². The summed E-state index contributed by atoms with van der Waals surface area (Å²) in [5.74, 6) is -0.0845. The molecule has 0 saturated carbocycles. The number of carboxylic acids is 1. The van der Waals surface area contributed by atoms with E-state index in [0.29, 0.717) is 27.9 Å². The van der Waals surface area contributed by atoms with Crippen molar-refractivity contribution < 1.29 is 14.3 Å². The van der Waals surface area contributed by atoms with Gasteiger partial charge >= 0.3 is 5.97 Å². The average Bonchev–Trinajstić information content (AvgIpc) is 2.60. The lowest BCUT2D eigenvalue weighted by Crippen LogP contribution is -2.01. The van der Waals surface area contributed by atoms with Gasteiger partial charge < -0.3 is 9.52 Å². The molecule has 1 aromatic carbocycles. The van der Waals surface area contributed by atoms with Crippen LogP contribution in [-0.4, -0.2) is 16.1 Å². The van der Waals surface area contributed by atoms with Crippen LogP contribution in [0.4, 0.5) is 0 Å². The van der Waals surface area contributed by atoms with Gasteiger partial charge in [-0.3, -0.25) is 4.79 Å². The topological polar surface area (TPSA) is 63.3 Å². The molecule has 5 heteroatoms. The van der Waals surface area contributed by atoms with E-state index in [4.69, 9.17) is 21.1 Å². The highest BCUT2D eigenvalue weighted by molar-refractivity contribution is 6.33. The Morgan fingerprint density at radius 1 is 1.47 bits per heavy atom. The van der Waals surface area contributed by atoms with Gasteiger partial charge in [0.15, 0.2) is 0 Å². The standard InChI is InChI=1S/C12H10ClNO3/c1-7-10(6-11(15)16)14-12(17-7)8-4-2-3-5-9(8)13/h2-5H,6H2,1H3,(H,15,16). The largest absolute Gasteiger partial charge is 0.481 e. The third-order valence-electron chi connectivity index (χ3n) is 2.32. The van der Waals surface area contributed by atoms with E-state index < -0.39 is 5.97 Å². The van der Waals surface area contributed by atoms with E-state index in [2.05, 4.69) is 4.98 Å². The molecule has 0 spiro atoms. The lowest BCUT2D eigenvalue weighted by molar-refractivity contribution is -0.136. The molecule has 0 radical (unpaired) electrons. The fraction of sp³-hybridized carbons (Fsp3) is 0.167. The first-order valence-corrected chi connectivity index (χ1v) is 5.38. The molecule has 0 aliphatic heterocycles. The molecule has 0 atom stereocenters. The van der Waals surface area contributed by atoms with Gasteiger partial charge in [-0.05, 0) is 19.1 Å². The van der Waals surface area contributed by atoms with Crippen molar-refractivity contribution in [3.05, 3.63) is 40.7 Å². The average molecular weight is 252 g/mol. The summed E-state index contributed by atoms with van der Waals surface area (Å²) < 4.78 is 5.42. The second-order valence-electron chi connectivity index (χ2n) is 3.57. The van der Waals surface area contributed by atoms with E-state index >= 15 is 0 Å². The van der Waals surface area contributed by atoms with E-state index in [0.717, 1.165) is 0 Å². The first kappa shape index (κ1) is 11.7. The number of nitrogens with zero attached hydrogens (tertiary/aromatic N) is 1. The summed E-state index contributed by atoms with van der Waals surface area (Å²) in [6.45, 7) is 1.69. The molecule has 17 heavy (non-hydrogen) atoms. The predicted molar refractivity (Wildman–Crippen MR) is 63.0 cm³/mol. The van der Waals surface area contributed by atoms with Gasteiger partial charge in [0.1, 0.15) is 5.76 Å². The van der Waals surface area contributed by atoms with Crippen molar-refractivity contribution in [2.75, 3.05) is 0 Å². The molecule has 0 aliphatic rings.